The first-order valence-electron chi connectivity index (χ1n) is 9.09. The van der Waals surface area contributed by atoms with Gasteiger partial charge >= 0.3 is 0 Å². The van der Waals surface area contributed by atoms with Crippen LogP contribution in [0, 0.1) is 5.92 Å². The van der Waals surface area contributed by atoms with E-state index in [9.17, 15) is 9.59 Å². The third-order valence-corrected chi connectivity index (χ3v) is 3.83. The quantitative estimate of drug-likeness (QED) is 0.583. The standard InChI is InChI=1S/C21H27N3O4/c1-14(2)9-21(26)24-17-6-4-5-16(11-17)23-12-15-7-8-18(19(10-15)27-3)28-13-20(22)25/h4-8,10-11,14,23H,9,12-13H2,1-3H3,(H2,22,25)(H,24,26). The van der Waals surface area contributed by atoms with Gasteiger partial charge in [0.15, 0.2) is 18.1 Å². The number of carbonyl (C=O) groups excluding carboxylic acids is 2. The van der Waals surface area contributed by atoms with Gasteiger partial charge in [-0.05, 0) is 41.8 Å². The van der Waals surface area contributed by atoms with Crippen LogP contribution in [0.5, 0.6) is 11.5 Å². The normalized spacial score (nSPS) is 10.4. The van der Waals surface area contributed by atoms with E-state index in [4.69, 9.17) is 15.2 Å². The molecule has 2 amide bonds. The zero-order chi connectivity index (χ0) is 20.5. The van der Waals surface area contributed by atoms with Crippen molar-refractivity contribution in [1.82, 2.24) is 0 Å². The van der Waals surface area contributed by atoms with E-state index in [0.717, 1.165) is 16.9 Å². The molecule has 0 saturated heterocycles. The summed E-state index contributed by atoms with van der Waals surface area (Å²) in [7, 11) is 1.53. The van der Waals surface area contributed by atoms with Crippen LogP contribution in [0.3, 0.4) is 0 Å². The highest BCUT2D eigenvalue weighted by atomic mass is 16.5. The van der Waals surface area contributed by atoms with E-state index in [1.165, 1.54) is 7.11 Å². The number of ether oxygens (including phenoxy) is 2. The summed E-state index contributed by atoms with van der Waals surface area (Å²) in [4.78, 5) is 22.8. The Morgan fingerprint density at radius 2 is 1.82 bits per heavy atom. The summed E-state index contributed by atoms with van der Waals surface area (Å²) in [6.45, 7) is 4.37. The molecule has 0 fully saturated rings. The van der Waals surface area contributed by atoms with Crippen LogP contribution in [0.4, 0.5) is 11.4 Å². The molecule has 0 aromatic heterocycles. The number of hydrogen-bond donors (Lipinski definition) is 3. The molecule has 0 heterocycles. The number of anilines is 2. The number of primary amides is 1. The van der Waals surface area contributed by atoms with Crippen LogP contribution in [-0.4, -0.2) is 25.5 Å². The maximum atomic E-state index is 11.9. The molecule has 0 spiro atoms. The Labute approximate surface area is 165 Å². The van der Waals surface area contributed by atoms with E-state index in [1.54, 1.807) is 6.07 Å². The van der Waals surface area contributed by atoms with E-state index < -0.39 is 5.91 Å². The molecule has 28 heavy (non-hydrogen) atoms. The average molecular weight is 385 g/mol. The lowest BCUT2D eigenvalue weighted by molar-refractivity contribution is -0.120. The van der Waals surface area contributed by atoms with Gasteiger partial charge in [0.2, 0.25) is 5.91 Å². The lowest BCUT2D eigenvalue weighted by atomic mass is 10.1. The highest BCUT2D eigenvalue weighted by molar-refractivity contribution is 5.91. The first-order chi connectivity index (χ1) is 13.4. The van der Waals surface area contributed by atoms with Crippen molar-refractivity contribution in [2.75, 3.05) is 24.4 Å². The summed E-state index contributed by atoms with van der Waals surface area (Å²) in [5.41, 5.74) is 7.71. The van der Waals surface area contributed by atoms with Gasteiger partial charge < -0.3 is 25.8 Å². The maximum absolute atomic E-state index is 11.9. The zero-order valence-electron chi connectivity index (χ0n) is 16.5. The first kappa shape index (κ1) is 21.1. The minimum Gasteiger partial charge on any atom is -0.493 e. The van der Waals surface area contributed by atoms with Gasteiger partial charge in [-0.3, -0.25) is 9.59 Å². The SMILES string of the molecule is COc1cc(CNc2cccc(NC(=O)CC(C)C)c2)ccc1OCC(N)=O. The third-order valence-electron chi connectivity index (χ3n) is 3.83. The Morgan fingerprint density at radius 1 is 1.07 bits per heavy atom. The number of hydrogen-bond acceptors (Lipinski definition) is 5. The van der Waals surface area contributed by atoms with E-state index >= 15 is 0 Å². The van der Waals surface area contributed by atoms with Crippen LogP contribution in [0.15, 0.2) is 42.5 Å². The highest BCUT2D eigenvalue weighted by Crippen LogP contribution is 2.28. The van der Waals surface area contributed by atoms with Crippen LogP contribution >= 0.6 is 0 Å². The minimum atomic E-state index is -0.548. The van der Waals surface area contributed by atoms with Gasteiger partial charge in [-0.1, -0.05) is 26.0 Å². The first-order valence-corrected chi connectivity index (χ1v) is 9.09. The van der Waals surface area contributed by atoms with Crippen LogP contribution in [0.1, 0.15) is 25.8 Å². The maximum Gasteiger partial charge on any atom is 0.255 e. The van der Waals surface area contributed by atoms with Crippen molar-refractivity contribution >= 4 is 23.2 Å². The van der Waals surface area contributed by atoms with Gasteiger partial charge in [0.1, 0.15) is 0 Å². The molecule has 7 heteroatoms. The van der Waals surface area contributed by atoms with Crippen molar-refractivity contribution in [2.24, 2.45) is 11.7 Å². The number of amides is 2. The predicted molar refractivity (Wildman–Crippen MR) is 110 cm³/mol. The summed E-state index contributed by atoms with van der Waals surface area (Å²) in [6, 6.07) is 13.0. The molecular weight excluding hydrogens is 358 g/mol. The molecule has 4 N–H and O–H groups in total. The number of methoxy groups -OCH3 is 1. The fourth-order valence-electron chi connectivity index (χ4n) is 2.58. The van der Waals surface area contributed by atoms with Crippen LogP contribution in [0.25, 0.3) is 0 Å². The van der Waals surface area contributed by atoms with Crippen molar-refractivity contribution in [3.05, 3.63) is 48.0 Å². The summed E-state index contributed by atoms with van der Waals surface area (Å²) in [6.07, 6.45) is 0.488. The molecule has 150 valence electrons. The smallest absolute Gasteiger partial charge is 0.255 e. The fraction of sp³-hybridized carbons (Fsp3) is 0.333. The summed E-state index contributed by atoms with van der Waals surface area (Å²) in [5, 5.41) is 6.22. The number of benzene rings is 2. The summed E-state index contributed by atoms with van der Waals surface area (Å²) < 4.78 is 10.6. The number of carbonyl (C=O) groups is 2. The van der Waals surface area contributed by atoms with Crippen LogP contribution < -0.4 is 25.8 Å². The highest BCUT2D eigenvalue weighted by Gasteiger charge is 2.08. The molecule has 0 aliphatic rings. The van der Waals surface area contributed by atoms with E-state index in [-0.39, 0.29) is 12.5 Å². The molecule has 0 bridgehead atoms. The second-order valence-corrected chi connectivity index (χ2v) is 6.82. The Morgan fingerprint density at radius 3 is 2.50 bits per heavy atom. The lowest BCUT2D eigenvalue weighted by Gasteiger charge is -2.13. The Bertz CT molecular complexity index is 821. The van der Waals surface area contributed by atoms with E-state index in [1.807, 2.05) is 50.2 Å². The molecule has 2 rings (SSSR count). The second kappa shape index (κ2) is 10.2. The fourth-order valence-corrected chi connectivity index (χ4v) is 2.58. The molecule has 0 atom stereocenters. The van der Waals surface area contributed by atoms with Crippen molar-refractivity contribution in [3.8, 4) is 11.5 Å². The largest absolute Gasteiger partial charge is 0.493 e. The molecular formula is C21H27N3O4. The van der Waals surface area contributed by atoms with Gasteiger partial charge in [0.25, 0.3) is 5.91 Å². The van der Waals surface area contributed by atoms with Crippen LogP contribution in [0.2, 0.25) is 0 Å². The predicted octanol–water partition coefficient (Wildman–Crippen LogP) is 3.16. The van der Waals surface area contributed by atoms with Gasteiger partial charge in [-0.25, -0.2) is 0 Å². The molecule has 0 aliphatic carbocycles. The van der Waals surface area contributed by atoms with Gasteiger partial charge in [-0.15, -0.1) is 0 Å². The van der Waals surface area contributed by atoms with E-state index in [2.05, 4.69) is 10.6 Å². The molecule has 0 aliphatic heterocycles. The van der Waals surface area contributed by atoms with E-state index in [0.29, 0.717) is 30.4 Å². The molecule has 0 unspecified atom stereocenters. The summed E-state index contributed by atoms with van der Waals surface area (Å²) in [5.74, 6) is 0.748. The second-order valence-electron chi connectivity index (χ2n) is 6.82. The van der Waals surface area contributed by atoms with Crippen molar-refractivity contribution in [1.29, 1.82) is 0 Å². The van der Waals surface area contributed by atoms with Gasteiger partial charge in [0, 0.05) is 24.3 Å². The lowest BCUT2D eigenvalue weighted by Crippen LogP contribution is -2.20. The van der Waals surface area contributed by atoms with Crippen LogP contribution in [-0.2, 0) is 16.1 Å². The number of rotatable bonds is 10. The Hall–Kier alpha value is -3.22. The summed E-state index contributed by atoms with van der Waals surface area (Å²) >= 11 is 0. The Kier molecular flexibility index (Phi) is 7.68. The van der Waals surface area contributed by atoms with Gasteiger partial charge in [-0.2, -0.15) is 0 Å². The van der Waals surface area contributed by atoms with Crippen molar-refractivity contribution in [3.63, 3.8) is 0 Å². The molecule has 2 aromatic carbocycles. The molecule has 7 nitrogen and oxygen atoms in total. The van der Waals surface area contributed by atoms with Crippen molar-refractivity contribution in [2.45, 2.75) is 26.8 Å². The topological polar surface area (TPSA) is 103 Å². The van der Waals surface area contributed by atoms with Gasteiger partial charge in [0.05, 0.1) is 7.11 Å². The third kappa shape index (κ3) is 6.83. The van der Waals surface area contributed by atoms with Crippen molar-refractivity contribution < 1.29 is 19.1 Å². The molecule has 0 saturated carbocycles. The Balaban J connectivity index is 1.99. The minimum absolute atomic E-state index is 0.00318. The average Bonchev–Trinajstić information content (AvgIpc) is 2.64. The monoisotopic (exact) mass is 385 g/mol. The molecule has 2 aromatic rings. The number of nitrogens with one attached hydrogen (secondary N) is 2. The zero-order valence-corrected chi connectivity index (χ0v) is 16.5. The number of nitrogens with two attached hydrogens (primary N) is 1. The molecule has 0 radical (unpaired) electrons.